The smallest absolute Gasteiger partial charge is 0.261 e. The summed E-state index contributed by atoms with van der Waals surface area (Å²) in [5.41, 5.74) is 1.01. The number of nitrogens with zero attached hydrogens (tertiary/aromatic N) is 1. The number of carbonyl (C=O) groups is 3. The van der Waals surface area contributed by atoms with Gasteiger partial charge < -0.3 is 5.32 Å². The fourth-order valence-corrected chi connectivity index (χ4v) is 1.31. The number of imide groups is 1. The molecule has 0 bridgehead atoms. The first-order valence-electron chi connectivity index (χ1n) is 5.08. The lowest BCUT2D eigenvalue weighted by atomic mass is 10.1. The molecule has 0 saturated heterocycles. The van der Waals surface area contributed by atoms with E-state index in [0.29, 0.717) is 11.1 Å². The van der Waals surface area contributed by atoms with Gasteiger partial charge in [-0.3, -0.25) is 19.3 Å². The van der Waals surface area contributed by atoms with Gasteiger partial charge in [0.2, 0.25) is 5.91 Å². The van der Waals surface area contributed by atoms with Gasteiger partial charge >= 0.3 is 0 Å². The van der Waals surface area contributed by atoms with Crippen LogP contribution in [0.4, 0.5) is 0 Å². The van der Waals surface area contributed by atoms with E-state index in [-0.39, 0.29) is 17.7 Å². The Morgan fingerprint density at radius 1 is 1.12 bits per heavy atom. The van der Waals surface area contributed by atoms with Crippen molar-refractivity contribution in [3.05, 3.63) is 35.4 Å². The Hall–Kier alpha value is -2.17. The third-order valence-electron chi connectivity index (χ3n) is 2.35. The Labute approximate surface area is 99.4 Å². The van der Waals surface area contributed by atoms with Gasteiger partial charge in [0.15, 0.2) is 0 Å². The number of benzene rings is 1. The molecule has 0 spiro atoms. The number of carbonyl (C=O) groups excluding carboxylic acids is 3. The van der Waals surface area contributed by atoms with E-state index in [4.69, 9.17) is 0 Å². The molecule has 0 aromatic heterocycles. The SMILES string of the molecule is CN1C(=O)c2ccccc2C1=O.CNC(C)=O. The Kier molecular flexibility index (Phi) is 3.98. The van der Waals surface area contributed by atoms with Crippen LogP contribution in [0.1, 0.15) is 27.6 Å². The van der Waals surface area contributed by atoms with Crippen LogP contribution >= 0.6 is 0 Å². The van der Waals surface area contributed by atoms with E-state index in [2.05, 4.69) is 5.32 Å². The highest BCUT2D eigenvalue weighted by molar-refractivity contribution is 6.21. The maximum atomic E-state index is 11.3. The number of rotatable bonds is 0. The molecule has 17 heavy (non-hydrogen) atoms. The van der Waals surface area contributed by atoms with E-state index in [1.807, 2.05) is 0 Å². The summed E-state index contributed by atoms with van der Waals surface area (Å²) in [7, 11) is 3.09. The molecule has 2 rings (SSSR count). The van der Waals surface area contributed by atoms with Crippen molar-refractivity contribution >= 4 is 17.7 Å². The van der Waals surface area contributed by atoms with Crippen LogP contribution in [-0.4, -0.2) is 36.7 Å². The Morgan fingerprint density at radius 2 is 1.47 bits per heavy atom. The van der Waals surface area contributed by atoms with Crippen molar-refractivity contribution in [3.63, 3.8) is 0 Å². The van der Waals surface area contributed by atoms with Crippen LogP contribution < -0.4 is 5.32 Å². The van der Waals surface area contributed by atoms with Crippen LogP contribution in [0.5, 0.6) is 0 Å². The lowest BCUT2D eigenvalue weighted by Gasteiger charge is -2.02. The molecule has 1 N–H and O–H groups in total. The normalized spacial score (nSPS) is 12.8. The lowest BCUT2D eigenvalue weighted by molar-refractivity contribution is -0.118. The van der Waals surface area contributed by atoms with Crippen LogP contribution in [0, 0.1) is 0 Å². The average Bonchev–Trinajstić information content (AvgIpc) is 2.56. The zero-order valence-corrected chi connectivity index (χ0v) is 9.98. The summed E-state index contributed by atoms with van der Waals surface area (Å²) >= 11 is 0. The highest BCUT2D eigenvalue weighted by Crippen LogP contribution is 2.20. The van der Waals surface area contributed by atoms with Gasteiger partial charge in [-0.1, -0.05) is 12.1 Å². The quantitative estimate of drug-likeness (QED) is 0.671. The van der Waals surface area contributed by atoms with Gasteiger partial charge in [0.05, 0.1) is 11.1 Å². The second-order valence-electron chi connectivity index (χ2n) is 3.52. The number of hydrogen-bond donors (Lipinski definition) is 1. The molecule has 0 aliphatic carbocycles. The molecule has 0 radical (unpaired) electrons. The maximum Gasteiger partial charge on any atom is 0.261 e. The number of nitrogens with one attached hydrogen (secondary N) is 1. The van der Waals surface area contributed by atoms with Crippen LogP contribution in [-0.2, 0) is 4.79 Å². The minimum atomic E-state index is -0.212. The van der Waals surface area contributed by atoms with Crippen LogP contribution in [0.15, 0.2) is 24.3 Å². The van der Waals surface area contributed by atoms with Crippen LogP contribution in [0.25, 0.3) is 0 Å². The van der Waals surface area contributed by atoms with E-state index in [9.17, 15) is 14.4 Å². The average molecular weight is 234 g/mol. The van der Waals surface area contributed by atoms with Crippen molar-refractivity contribution in [1.29, 1.82) is 0 Å². The highest BCUT2D eigenvalue weighted by atomic mass is 16.2. The van der Waals surface area contributed by atoms with E-state index < -0.39 is 0 Å². The van der Waals surface area contributed by atoms with Gasteiger partial charge in [0, 0.05) is 21.0 Å². The molecule has 0 unspecified atom stereocenters. The minimum Gasteiger partial charge on any atom is -0.359 e. The summed E-state index contributed by atoms with van der Waals surface area (Å²) < 4.78 is 0. The first kappa shape index (κ1) is 12.9. The maximum absolute atomic E-state index is 11.3. The van der Waals surface area contributed by atoms with Crippen molar-refractivity contribution in [2.45, 2.75) is 6.92 Å². The lowest BCUT2D eigenvalue weighted by Crippen LogP contribution is -2.24. The Balaban J connectivity index is 0.000000249. The molecule has 90 valence electrons. The van der Waals surface area contributed by atoms with Crippen LogP contribution in [0.2, 0.25) is 0 Å². The second kappa shape index (κ2) is 5.25. The van der Waals surface area contributed by atoms with Gasteiger partial charge in [-0.15, -0.1) is 0 Å². The van der Waals surface area contributed by atoms with Gasteiger partial charge in [0.1, 0.15) is 0 Å². The van der Waals surface area contributed by atoms with Crippen molar-refractivity contribution in [3.8, 4) is 0 Å². The van der Waals surface area contributed by atoms with E-state index in [1.165, 1.54) is 14.0 Å². The molecular weight excluding hydrogens is 220 g/mol. The van der Waals surface area contributed by atoms with Crippen LogP contribution in [0.3, 0.4) is 0 Å². The standard InChI is InChI=1S/C9H7NO2.C3H7NO/c1-10-8(11)6-4-2-3-5-7(6)9(10)12;1-3(5)4-2/h2-5H,1H3;1-2H3,(H,4,5). The zero-order chi connectivity index (χ0) is 13.0. The van der Waals surface area contributed by atoms with E-state index >= 15 is 0 Å². The molecule has 1 heterocycles. The fraction of sp³-hybridized carbons (Fsp3) is 0.250. The summed E-state index contributed by atoms with van der Waals surface area (Å²) in [5.74, 6) is -0.420. The molecule has 3 amide bonds. The van der Waals surface area contributed by atoms with E-state index in [1.54, 1.807) is 31.3 Å². The summed E-state index contributed by atoms with van der Waals surface area (Å²) in [4.78, 5) is 33.5. The summed E-state index contributed by atoms with van der Waals surface area (Å²) in [6, 6.07) is 6.84. The van der Waals surface area contributed by atoms with Gasteiger partial charge in [0.25, 0.3) is 11.8 Å². The van der Waals surface area contributed by atoms with Gasteiger partial charge in [-0.2, -0.15) is 0 Å². The minimum absolute atomic E-state index is 0.00463. The molecular formula is C12H14N2O3. The topological polar surface area (TPSA) is 66.5 Å². The molecule has 1 aromatic carbocycles. The summed E-state index contributed by atoms with van der Waals surface area (Å²) in [5, 5.41) is 2.39. The number of hydrogen-bond acceptors (Lipinski definition) is 3. The van der Waals surface area contributed by atoms with Crippen molar-refractivity contribution < 1.29 is 14.4 Å². The third-order valence-corrected chi connectivity index (χ3v) is 2.35. The predicted molar refractivity (Wildman–Crippen MR) is 62.6 cm³/mol. The largest absolute Gasteiger partial charge is 0.359 e. The molecule has 0 saturated carbocycles. The summed E-state index contributed by atoms with van der Waals surface area (Å²) in [6.07, 6.45) is 0. The molecule has 5 heteroatoms. The van der Waals surface area contributed by atoms with Gasteiger partial charge in [-0.05, 0) is 12.1 Å². The zero-order valence-electron chi connectivity index (χ0n) is 9.98. The molecule has 0 atom stereocenters. The van der Waals surface area contributed by atoms with Gasteiger partial charge in [-0.25, -0.2) is 0 Å². The predicted octanol–water partition coefficient (Wildman–Crippen LogP) is 0.665. The number of amides is 3. The van der Waals surface area contributed by atoms with Crippen molar-refractivity contribution in [1.82, 2.24) is 10.2 Å². The molecule has 1 aliphatic heterocycles. The second-order valence-corrected chi connectivity index (χ2v) is 3.52. The first-order valence-corrected chi connectivity index (χ1v) is 5.08. The monoisotopic (exact) mass is 234 g/mol. The molecule has 0 fully saturated rings. The summed E-state index contributed by atoms with van der Waals surface area (Å²) in [6.45, 7) is 1.47. The third kappa shape index (κ3) is 2.69. The highest BCUT2D eigenvalue weighted by Gasteiger charge is 2.31. The molecule has 5 nitrogen and oxygen atoms in total. The van der Waals surface area contributed by atoms with Crippen molar-refractivity contribution in [2.75, 3.05) is 14.1 Å². The van der Waals surface area contributed by atoms with E-state index in [0.717, 1.165) is 4.90 Å². The Morgan fingerprint density at radius 3 is 1.76 bits per heavy atom. The first-order chi connectivity index (χ1) is 7.99. The molecule has 1 aromatic rings. The molecule has 1 aliphatic rings. The fourth-order valence-electron chi connectivity index (χ4n) is 1.31. The Bertz CT molecular complexity index is 434. The number of fused-ring (bicyclic) bond motifs is 1. The van der Waals surface area contributed by atoms with Crippen molar-refractivity contribution in [2.24, 2.45) is 0 Å².